The highest BCUT2D eigenvalue weighted by Crippen LogP contribution is 2.19. The van der Waals surface area contributed by atoms with Gasteiger partial charge in [0.05, 0.1) is 11.3 Å². The largest absolute Gasteiger partial charge is 0.326 e. The summed E-state index contributed by atoms with van der Waals surface area (Å²) >= 11 is 0. The van der Waals surface area contributed by atoms with E-state index in [1.807, 2.05) is 6.07 Å². The van der Waals surface area contributed by atoms with Crippen LogP contribution in [0.3, 0.4) is 0 Å². The monoisotopic (exact) mass is 279 g/mol. The van der Waals surface area contributed by atoms with Crippen LogP contribution in [0.15, 0.2) is 48.5 Å². The Morgan fingerprint density at radius 2 is 1.76 bits per heavy atom. The second kappa shape index (κ2) is 6.35. The van der Waals surface area contributed by atoms with Crippen molar-refractivity contribution in [1.82, 2.24) is 5.32 Å². The van der Waals surface area contributed by atoms with E-state index in [1.54, 1.807) is 55.5 Å². The normalized spacial score (nSPS) is 9.52. The zero-order chi connectivity index (χ0) is 15.2. The van der Waals surface area contributed by atoms with Gasteiger partial charge >= 0.3 is 6.03 Å². The number of nitriles is 1. The fourth-order valence-corrected chi connectivity index (χ4v) is 1.84. The molecule has 0 aromatic heterocycles. The molecule has 2 aromatic rings. The quantitative estimate of drug-likeness (QED) is 0.886. The lowest BCUT2D eigenvalue weighted by molar-refractivity contribution is 0.0967. The number of carbonyl (C=O) groups is 2. The number of hydrogen-bond donors (Lipinski definition) is 2. The molecule has 0 radical (unpaired) electrons. The highest BCUT2D eigenvalue weighted by molar-refractivity contribution is 6.08. The predicted octanol–water partition coefficient (Wildman–Crippen LogP) is 2.83. The van der Waals surface area contributed by atoms with Crippen molar-refractivity contribution in [3.8, 4) is 6.07 Å². The molecule has 104 valence electrons. The molecule has 0 atom stereocenters. The molecule has 2 N–H and O–H groups in total. The van der Waals surface area contributed by atoms with Gasteiger partial charge in [0.1, 0.15) is 6.07 Å². The first kappa shape index (κ1) is 14.3. The van der Waals surface area contributed by atoms with Gasteiger partial charge in [-0.2, -0.15) is 5.26 Å². The van der Waals surface area contributed by atoms with E-state index >= 15 is 0 Å². The van der Waals surface area contributed by atoms with Crippen molar-refractivity contribution in [3.63, 3.8) is 0 Å². The van der Waals surface area contributed by atoms with Crippen molar-refractivity contribution in [2.45, 2.75) is 6.92 Å². The lowest BCUT2D eigenvalue weighted by Crippen LogP contribution is -2.34. The van der Waals surface area contributed by atoms with Crippen LogP contribution in [-0.2, 0) is 0 Å². The van der Waals surface area contributed by atoms with E-state index in [4.69, 9.17) is 5.26 Å². The number of urea groups is 1. The third-order valence-electron chi connectivity index (χ3n) is 2.89. The summed E-state index contributed by atoms with van der Waals surface area (Å²) in [5.41, 5.74) is 1.88. The van der Waals surface area contributed by atoms with Gasteiger partial charge in [-0.25, -0.2) is 4.79 Å². The number of imide groups is 1. The Morgan fingerprint density at radius 3 is 2.43 bits per heavy atom. The summed E-state index contributed by atoms with van der Waals surface area (Å²) in [6, 6.07) is 14.8. The Bertz CT molecular complexity index is 718. The molecule has 0 fully saturated rings. The van der Waals surface area contributed by atoms with Crippen molar-refractivity contribution < 1.29 is 9.59 Å². The number of rotatable bonds is 2. The number of para-hydroxylation sites is 1. The molecule has 0 heterocycles. The van der Waals surface area contributed by atoms with E-state index in [0.717, 1.165) is 5.56 Å². The number of nitrogens with zero attached hydrogens (tertiary/aromatic N) is 1. The van der Waals surface area contributed by atoms with Crippen molar-refractivity contribution >= 4 is 17.6 Å². The molecule has 0 spiro atoms. The molecule has 2 aromatic carbocycles. The Balaban J connectivity index is 2.10. The summed E-state index contributed by atoms with van der Waals surface area (Å²) in [6.07, 6.45) is 0. The minimum Gasteiger partial charge on any atom is -0.306 e. The number of anilines is 1. The third kappa shape index (κ3) is 3.45. The lowest BCUT2D eigenvalue weighted by Gasteiger charge is -2.10. The minimum atomic E-state index is -0.672. The number of benzene rings is 2. The van der Waals surface area contributed by atoms with Crippen LogP contribution in [0.2, 0.25) is 0 Å². The molecule has 2 rings (SSSR count). The topological polar surface area (TPSA) is 82.0 Å². The molecule has 0 aliphatic rings. The average Bonchev–Trinajstić information content (AvgIpc) is 2.50. The Labute approximate surface area is 122 Å². The Morgan fingerprint density at radius 1 is 1.05 bits per heavy atom. The molecule has 0 saturated carbocycles. The van der Waals surface area contributed by atoms with Crippen LogP contribution in [0.4, 0.5) is 10.5 Å². The lowest BCUT2D eigenvalue weighted by atomic mass is 10.1. The zero-order valence-corrected chi connectivity index (χ0v) is 11.4. The second-order valence-corrected chi connectivity index (χ2v) is 4.38. The van der Waals surface area contributed by atoms with E-state index < -0.39 is 11.9 Å². The summed E-state index contributed by atoms with van der Waals surface area (Å²) in [5.74, 6) is -0.500. The molecule has 0 aliphatic heterocycles. The van der Waals surface area contributed by atoms with Crippen LogP contribution >= 0.6 is 0 Å². The van der Waals surface area contributed by atoms with Gasteiger partial charge in [-0.15, -0.1) is 0 Å². The highest BCUT2D eigenvalue weighted by Gasteiger charge is 2.12. The molecule has 0 saturated heterocycles. The smallest absolute Gasteiger partial charge is 0.306 e. The first-order valence-corrected chi connectivity index (χ1v) is 6.29. The van der Waals surface area contributed by atoms with Crippen molar-refractivity contribution in [2.75, 3.05) is 5.32 Å². The van der Waals surface area contributed by atoms with Crippen LogP contribution < -0.4 is 10.6 Å². The van der Waals surface area contributed by atoms with Crippen LogP contribution in [0, 0.1) is 18.3 Å². The maximum Gasteiger partial charge on any atom is 0.326 e. The summed E-state index contributed by atoms with van der Waals surface area (Å²) in [7, 11) is 0. The van der Waals surface area contributed by atoms with Gasteiger partial charge in [0.25, 0.3) is 5.91 Å². The first-order chi connectivity index (χ1) is 10.1. The molecule has 5 heteroatoms. The van der Waals surface area contributed by atoms with E-state index in [2.05, 4.69) is 10.6 Å². The van der Waals surface area contributed by atoms with Gasteiger partial charge in [0.2, 0.25) is 0 Å². The fourth-order valence-electron chi connectivity index (χ4n) is 1.84. The van der Waals surface area contributed by atoms with Gasteiger partial charge in [0.15, 0.2) is 0 Å². The molecular formula is C16H13N3O2. The summed E-state index contributed by atoms with van der Waals surface area (Å²) < 4.78 is 0. The Hall–Kier alpha value is -3.13. The van der Waals surface area contributed by atoms with Crippen LogP contribution in [-0.4, -0.2) is 11.9 Å². The van der Waals surface area contributed by atoms with Gasteiger partial charge in [0, 0.05) is 5.56 Å². The van der Waals surface area contributed by atoms with Crippen molar-refractivity contribution in [1.29, 1.82) is 5.26 Å². The van der Waals surface area contributed by atoms with Gasteiger partial charge < -0.3 is 5.32 Å². The molecule has 3 amide bonds. The number of carbonyl (C=O) groups excluding carboxylic acids is 2. The molecule has 0 unspecified atom stereocenters. The maximum atomic E-state index is 11.9. The SMILES string of the molecule is Cc1cccc(C#N)c1NC(=O)NC(=O)c1ccccc1. The number of amides is 3. The molecule has 0 bridgehead atoms. The zero-order valence-electron chi connectivity index (χ0n) is 11.4. The van der Waals surface area contributed by atoms with Gasteiger partial charge in [-0.3, -0.25) is 10.1 Å². The van der Waals surface area contributed by atoms with Crippen LogP contribution in [0.5, 0.6) is 0 Å². The maximum absolute atomic E-state index is 11.9. The molecule has 0 aliphatic carbocycles. The number of nitrogens with one attached hydrogen (secondary N) is 2. The highest BCUT2D eigenvalue weighted by atomic mass is 16.2. The molecule has 5 nitrogen and oxygen atoms in total. The van der Waals surface area contributed by atoms with Crippen molar-refractivity contribution in [3.05, 3.63) is 65.2 Å². The standard InChI is InChI=1S/C16H13N3O2/c1-11-6-5-9-13(10-17)14(11)18-16(21)19-15(20)12-7-3-2-4-8-12/h2-9H,1H3,(H2,18,19,20,21). The van der Waals surface area contributed by atoms with Gasteiger partial charge in [-0.1, -0.05) is 30.3 Å². The fraction of sp³-hybridized carbons (Fsp3) is 0.0625. The number of hydrogen-bond acceptors (Lipinski definition) is 3. The molecule has 21 heavy (non-hydrogen) atoms. The summed E-state index contributed by atoms with van der Waals surface area (Å²) in [5, 5.41) is 13.8. The van der Waals surface area contributed by atoms with E-state index in [-0.39, 0.29) is 0 Å². The van der Waals surface area contributed by atoms with Crippen molar-refractivity contribution in [2.24, 2.45) is 0 Å². The van der Waals surface area contributed by atoms with E-state index in [0.29, 0.717) is 16.8 Å². The first-order valence-electron chi connectivity index (χ1n) is 6.29. The van der Waals surface area contributed by atoms with E-state index in [1.165, 1.54) is 0 Å². The van der Waals surface area contributed by atoms with E-state index in [9.17, 15) is 9.59 Å². The summed E-state index contributed by atoms with van der Waals surface area (Å²) in [6.45, 7) is 1.77. The third-order valence-corrected chi connectivity index (χ3v) is 2.89. The summed E-state index contributed by atoms with van der Waals surface area (Å²) in [4.78, 5) is 23.7. The second-order valence-electron chi connectivity index (χ2n) is 4.38. The molecular weight excluding hydrogens is 266 g/mol. The average molecular weight is 279 g/mol. The predicted molar refractivity (Wildman–Crippen MR) is 78.8 cm³/mol. The van der Waals surface area contributed by atoms with Crippen LogP contribution in [0.1, 0.15) is 21.5 Å². The minimum absolute atomic E-state index is 0.345. The number of aryl methyl sites for hydroxylation is 1. The Kier molecular flexibility index (Phi) is 4.32. The van der Waals surface area contributed by atoms with Crippen LogP contribution in [0.25, 0.3) is 0 Å². The van der Waals surface area contributed by atoms with Gasteiger partial charge in [-0.05, 0) is 30.7 Å².